The van der Waals surface area contributed by atoms with Crippen molar-refractivity contribution >= 4 is 28.3 Å². The van der Waals surface area contributed by atoms with E-state index in [2.05, 4.69) is 0 Å². The quantitative estimate of drug-likeness (QED) is 0.849. The minimum Gasteiger partial charge on any atom is -0.481 e. The van der Waals surface area contributed by atoms with Crippen LogP contribution in [0.3, 0.4) is 0 Å². The van der Waals surface area contributed by atoms with E-state index in [1.165, 1.54) is 0 Å². The molecule has 3 rings (SSSR count). The predicted octanol–water partition coefficient (Wildman–Crippen LogP) is 3.05. The third-order valence-corrected chi connectivity index (χ3v) is 3.67. The fourth-order valence-corrected chi connectivity index (χ4v) is 2.75. The summed E-state index contributed by atoms with van der Waals surface area (Å²) in [6.45, 7) is 0.569. The van der Waals surface area contributed by atoms with Gasteiger partial charge in [0.15, 0.2) is 0 Å². The summed E-state index contributed by atoms with van der Waals surface area (Å²) in [6, 6.07) is 11.7. The SMILES string of the molecule is O=C(O)CCCCN1C(=O)c2cccc3cccc1c23. The van der Waals surface area contributed by atoms with Crippen molar-refractivity contribution in [2.45, 2.75) is 19.3 Å². The highest BCUT2D eigenvalue weighted by Gasteiger charge is 2.28. The van der Waals surface area contributed by atoms with Gasteiger partial charge in [-0.3, -0.25) is 9.59 Å². The third kappa shape index (κ3) is 2.03. The Labute approximate surface area is 116 Å². The molecule has 0 bridgehead atoms. The molecule has 0 spiro atoms. The molecule has 1 heterocycles. The fraction of sp³-hybridized carbons (Fsp3) is 0.250. The number of hydrogen-bond donors (Lipinski definition) is 1. The van der Waals surface area contributed by atoms with Crippen LogP contribution in [-0.2, 0) is 4.79 Å². The molecule has 0 aromatic heterocycles. The molecule has 0 saturated carbocycles. The average Bonchev–Trinajstić information content (AvgIpc) is 2.71. The summed E-state index contributed by atoms with van der Waals surface area (Å²) < 4.78 is 0. The van der Waals surface area contributed by atoms with Crippen LogP contribution in [-0.4, -0.2) is 23.5 Å². The number of nitrogens with zero attached hydrogens (tertiary/aromatic N) is 1. The van der Waals surface area contributed by atoms with Crippen LogP contribution < -0.4 is 4.90 Å². The minimum absolute atomic E-state index is 0.0205. The molecule has 0 fully saturated rings. The molecule has 2 aromatic carbocycles. The van der Waals surface area contributed by atoms with Gasteiger partial charge in [0.05, 0.1) is 5.69 Å². The van der Waals surface area contributed by atoms with Gasteiger partial charge < -0.3 is 10.0 Å². The third-order valence-electron chi connectivity index (χ3n) is 3.67. The minimum atomic E-state index is -0.789. The van der Waals surface area contributed by atoms with Crippen molar-refractivity contribution < 1.29 is 14.7 Å². The molecule has 0 saturated heterocycles. The summed E-state index contributed by atoms with van der Waals surface area (Å²) in [5.74, 6) is -0.768. The van der Waals surface area contributed by atoms with Crippen molar-refractivity contribution in [3.8, 4) is 0 Å². The van der Waals surface area contributed by atoms with Crippen LogP contribution in [0.2, 0.25) is 0 Å². The van der Waals surface area contributed by atoms with Crippen molar-refractivity contribution in [2.75, 3.05) is 11.4 Å². The number of benzene rings is 2. The Bertz CT molecular complexity index is 688. The van der Waals surface area contributed by atoms with Gasteiger partial charge in [-0.05, 0) is 30.4 Å². The number of carbonyl (C=O) groups excluding carboxylic acids is 1. The molecule has 0 unspecified atom stereocenters. The lowest BCUT2D eigenvalue weighted by atomic mass is 10.1. The maximum Gasteiger partial charge on any atom is 0.303 e. The average molecular weight is 269 g/mol. The first-order valence-electron chi connectivity index (χ1n) is 6.74. The Kier molecular flexibility index (Phi) is 3.14. The smallest absolute Gasteiger partial charge is 0.303 e. The lowest BCUT2D eigenvalue weighted by Crippen LogP contribution is -2.27. The van der Waals surface area contributed by atoms with Crippen molar-refractivity contribution in [3.63, 3.8) is 0 Å². The number of aliphatic carboxylic acids is 1. The van der Waals surface area contributed by atoms with E-state index in [1.807, 2.05) is 36.4 Å². The van der Waals surface area contributed by atoms with E-state index in [1.54, 1.807) is 4.90 Å². The Morgan fingerprint density at radius 1 is 1.10 bits per heavy atom. The largest absolute Gasteiger partial charge is 0.481 e. The van der Waals surface area contributed by atoms with Crippen molar-refractivity contribution in [2.24, 2.45) is 0 Å². The molecular formula is C16H15NO3. The van der Waals surface area contributed by atoms with E-state index in [0.29, 0.717) is 19.4 Å². The standard InChI is InChI=1S/C16H15NO3/c18-14(19)9-1-2-10-17-13-8-4-6-11-5-3-7-12(15(11)13)16(17)20/h3-8H,1-2,9-10H2,(H,18,19). The van der Waals surface area contributed by atoms with Gasteiger partial charge in [-0.25, -0.2) is 0 Å². The molecular weight excluding hydrogens is 254 g/mol. The van der Waals surface area contributed by atoms with Gasteiger partial charge in [0, 0.05) is 23.9 Å². The topological polar surface area (TPSA) is 57.6 Å². The van der Waals surface area contributed by atoms with E-state index >= 15 is 0 Å². The first-order valence-corrected chi connectivity index (χ1v) is 6.74. The lowest BCUT2D eigenvalue weighted by Gasteiger charge is -2.17. The van der Waals surface area contributed by atoms with Crippen LogP contribution in [0.4, 0.5) is 5.69 Å². The van der Waals surface area contributed by atoms with Gasteiger partial charge in [-0.1, -0.05) is 24.3 Å². The number of carboxylic acids is 1. The molecule has 2 aromatic rings. The van der Waals surface area contributed by atoms with Crippen molar-refractivity contribution in [1.29, 1.82) is 0 Å². The zero-order chi connectivity index (χ0) is 14.1. The zero-order valence-electron chi connectivity index (χ0n) is 11.0. The predicted molar refractivity (Wildman–Crippen MR) is 77.1 cm³/mol. The molecule has 4 nitrogen and oxygen atoms in total. The maximum absolute atomic E-state index is 12.4. The van der Waals surface area contributed by atoms with Crippen LogP contribution in [0.1, 0.15) is 29.6 Å². The number of amides is 1. The summed E-state index contributed by atoms with van der Waals surface area (Å²) in [5.41, 5.74) is 1.69. The number of hydrogen-bond acceptors (Lipinski definition) is 2. The number of carbonyl (C=O) groups is 2. The second-order valence-corrected chi connectivity index (χ2v) is 4.99. The van der Waals surface area contributed by atoms with Crippen LogP contribution in [0.5, 0.6) is 0 Å². The van der Waals surface area contributed by atoms with E-state index in [4.69, 9.17) is 5.11 Å². The van der Waals surface area contributed by atoms with Crippen LogP contribution in [0.15, 0.2) is 36.4 Å². The number of unbranched alkanes of at least 4 members (excludes halogenated alkanes) is 1. The molecule has 102 valence electrons. The van der Waals surface area contributed by atoms with Gasteiger partial charge in [0.2, 0.25) is 0 Å². The summed E-state index contributed by atoms with van der Waals surface area (Å²) in [5, 5.41) is 10.7. The summed E-state index contributed by atoms with van der Waals surface area (Å²) in [4.78, 5) is 24.7. The molecule has 1 aliphatic heterocycles. The first kappa shape index (κ1) is 12.7. The highest BCUT2D eigenvalue weighted by atomic mass is 16.4. The second kappa shape index (κ2) is 4.96. The Morgan fingerprint density at radius 3 is 2.60 bits per heavy atom. The normalized spacial score (nSPS) is 13.2. The molecule has 20 heavy (non-hydrogen) atoms. The highest BCUT2D eigenvalue weighted by molar-refractivity contribution is 6.24. The highest BCUT2D eigenvalue weighted by Crippen LogP contribution is 2.37. The summed E-state index contributed by atoms with van der Waals surface area (Å²) in [7, 11) is 0. The van der Waals surface area contributed by atoms with Crippen molar-refractivity contribution in [1.82, 2.24) is 0 Å². The molecule has 0 radical (unpaired) electrons. The Morgan fingerprint density at radius 2 is 1.85 bits per heavy atom. The van der Waals surface area contributed by atoms with Crippen LogP contribution in [0.25, 0.3) is 10.8 Å². The van der Waals surface area contributed by atoms with Gasteiger partial charge in [-0.2, -0.15) is 0 Å². The van der Waals surface area contributed by atoms with Gasteiger partial charge >= 0.3 is 5.97 Å². The molecule has 0 aliphatic carbocycles. The van der Waals surface area contributed by atoms with E-state index in [9.17, 15) is 9.59 Å². The van der Waals surface area contributed by atoms with Gasteiger partial charge in [0.1, 0.15) is 0 Å². The maximum atomic E-state index is 12.4. The zero-order valence-corrected chi connectivity index (χ0v) is 11.0. The lowest BCUT2D eigenvalue weighted by molar-refractivity contribution is -0.137. The summed E-state index contributed by atoms with van der Waals surface area (Å²) in [6.07, 6.45) is 1.44. The van der Waals surface area contributed by atoms with E-state index in [-0.39, 0.29) is 12.3 Å². The van der Waals surface area contributed by atoms with Gasteiger partial charge in [0.25, 0.3) is 5.91 Å². The fourth-order valence-electron chi connectivity index (χ4n) is 2.75. The van der Waals surface area contributed by atoms with E-state index in [0.717, 1.165) is 22.0 Å². The van der Waals surface area contributed by atoms with Crippen molar-refractivity contribution in [3.05, 3.63) is 42.0 Å². The molecule has 1 aliphatic rings. The van der Waals surface area contributed by atoms with Crippen LogP contribution in [0, 0.1) is 0 Å². The first-order chi connectivity index (χ1) is 9.68. The molecule has 4 heteroatoms. The molecule has 0 atom stereocenters. The Hall–Kier alpha value is -2.36. The monoisotopic (exact) mass is 269 g/mol. The number of carboxylic acid groups (broad SMARTS) is 1. The summed E-state index contributed by atoms with van der Waals surface area (Å²) >= 11 is 0. The van der Waals surface area contributed by atoms with Crippen LogP contribution >= 0.6 is 0 Å². The van der Waals surface area contributed by atoms with Gasteiger partial charge in [-0.15, -0.1) is 0 Å². The number of rotatable bonds is 5. The Balaban J connectivity index is 1.84. The molecule has 1 amide bonds. The second-order valence-electron chi connectivity index (χ2n) is 4.99. The van der Waals surface area contributed by atoms with E-state index < -0.39 is 5.97 Å². The number of anilines is 1. The molecule has 1 N–H and O–H groups in total.